The largest absolute Gasteiger partial charge is 0.496 e. The van der Waals surface area contributed by atoms with Gasteiger partial charge in [0.1, 0.15) is 5.75 Å². The number of benzene rings is 1. The molecule has 1 heterocycles. The lowest BCUT2D eigenvalue weighted by Gasteiger charge is -2.31. The third-order valence-electron chi connectivity index (χ3n) is 3.58. The van der Waals surface area contributed by atoms with Gasteiger partial charge in [-0.05, 0) is 32.8 Å². The fraction of sp³-hybridized carbons (Fsp3) is 0.600. The Balaban J connectivity index is 2.00. The van der Waals surface area contributed by atoms with Crippen LogP contribution in [0.1, 0.15) is 38.3 Å². The van der Waals surface area contributed by atoms with Gasteiger partial charge in [0.15, 0.2) is 0 Å². The van der Waals surface area contributed by atoms with Gasteiger partial charge in [-0.3, -0.25) is 0 Å². The van der Waals surface area contributed by atoms with Crippen LogP contribution in [0.4, 0.5) is 0 Å². The Morgan fingerprint density at radius 2 is 2.17 bits per heavy atom. The van der Waals surface area contributed by atoms with Crippen molar-refractivity contribution in [2.45, 2.75) is 44.9 Å². The molecular weight excluding hydrogens is 226 g/mol. The minimum absolute atomic E-state index is 0.302. The fourth-order valence-corrected chi connectivity index (χ4v) is 2.62. The number of methoxy groups -OCH3 is 1. The van der Waals surface area contributed by atoms with Crippen molar-refractivity contribution in [2.24, 2.45) is 0 Å². The molecule has 0 amide bonds. The van der Waals surface area contributed by atoms with Crippen LogP contribution in [-0.4, -0.2) is 25.9 Å². The average molecular weight is 249 g/mol. The van der Waals surface area contributed by atoms with Crippen LogP contribution in [0.5, 0.6) is 5.75 Å². The van der Waals surface area contributed by atoms with E-state index in [1.807, 2.05) is 12.1 Å². The zero-order valence-corrected chi connectivity index (χ0v) is 11.5. The molecule has 0 radical (unpaired) electrons. The van der Waals surface area contributed by atoms with Crippen LogP contribution < -0.4 is 10.1 Å². The first-order chi connectivity index (χ1) is 8.70. The van der Waals surface area contributed by atoms with E-state index in [4.69, 9.17) is 9.47 Å². The third kappa shape index (κ3) is 3.24. The lowest BCUT2D eigenvalue weighted by Crippen LogP contribution is -2.39. The highest BCUT2D eigenvalue weighted by molar-refractivity contribution is 5.35. The van der Waals surface area contributed by atoms with Gasteiger partial charge in [0, 0.05) is 24.3 Å². The van der Waals surface area contributed by atoms with E-state index in [1.54, 1.807) is 7.11 Å². The standard InChI is InChI=1S/C15H23NO2/c1-11-10-13(8-9-18-11)16-12(2)14-6-4-5-7-15(14)17-3/h4-7,11-13,16H,8-10H2,1-3H3/t11?,12-,13?/m0/s1. The van der Waals surface area contributed by atoms with Crippen molar-refractivity contribution < 1.29 is 9.47 Å². The smallest absolute Gasteiger partial charge is 0.123 e. The molecule has 3 atom stereocenters. The van der Waals surface area contributed by atoms with Crippen molar-refractivity contribution in [3.05, 3.63) is 29.8 Å². The number of para-hydroxylation sites is 1. The summed E-state index contributed by atoms with van der Waals surface area (Å²) in [6.07, 6.45) is 2.53. The number of hydrogen-bond donors (Lipinski definition) is 1. The molecule has 1 aromatic carbocycles. The molecule has 1 fully saturated rings. The molecule has 3 heteroatoms. The van der Waals surface area contributed by atoms with Crippen molar-refractivity contribution in [1.29, 1.82) is 0 Å². The van der Waals surface area contributed by atoms with Crippen LogP contribution >= 0.6 is 0 Å². The summed E-state index contributed by atoms with van der Waals surface area (Å²) in [6.45, 7) is 5.19. The quantitative estimate of drug-likeness (QED) is 0.890. The molecule has 0 aromatic heterocycles. The molecule has 1 aliphatic rings. The molecule has 100 valence electrons. The lowest BCUT2D eigenvalue weighted by molar-refractivity contribution is 0.0115. The van der Waals surface area contributed by atoms with E-state index in [0.717, 1.165) is 25.2 Å². The minimum Gasteiger partial charge on any atom is -0.496 e. The molecule has 1 saturated heterocycles. The van der Waals surface area contributed by atoms with Crippen molar-refractivity contribution in [3.8, 4) is 5.75 Å². The third-order valence-corrected chi connectivity index (χ3v) is 3.58. The van der Waals surface area contributed by atoms with E-state index in [0.29, 0.717) is 18.2 Å². The van der Waals surface area contributed by atoms with Crippen molar-refractivity contribution >= 4 is 0 Å². The second kappa shape index (κ2) is 6.21. The molecule has 1 aliphatic heterocycles. The predicted molar refractivity (Wildman–Crippen MR) is 73.0 cm³/mol. The first-order valence-electron chi connectivity index (χ1n) is 6.71. The molecule has 3 nitrogen and oxygen atoms in total. The van der Waals surface area contributed by atoms with E-state index in [1.165, 1.54) is 5.56 Å². The maximum atomic E-state index is 5.58. The van der Waals surface area contributed by atoms with Crippen LogP contribution in [0.3, 0.4) is 0 Å². The molecule has 18 heavy (non-hydrogen) atoms. The zero-order valence-electron chi connectivity index (χ0n) is 11.5. The Labute approximate surface area is 109 Å². The molecule has 2 rings (SSSR count). The summed E-state index contributed by atoms with van der Waals surface area (Å²) in [4.78, 5) is 0. The van der Waals surface area contributed by atoms with E-state index < -0.39 is 0 Å². The van der Waals surface area contributed by atoms with E-state index in [9.17, 15) is 0 Å². The van der Waals surface area contributed by atoms with Crippen LogP contribution in [0, 0.1) is 0 Å². The molecule has 2 unspecified atom stereocenters. The topological polar surface area (TPSA) is 30.5 Å². The Morgan fingerprint density at radius 3 is 2.89 bits per heavy atom. The highest BCUT2D eigenvalue weighted by Crippen LogP contribution is 2.26. The van der Waals surface area contributed by atoms with Gasteiger partial charge >= 0.3 is 0 Å². The van der Waals surface area contributed by atoms with Crippen LogP contribution in [0.25, 0.3) is 0 Å². The molecule has 1 aromatic rings. The van der Waals surface area contributed by atoms with Crippen LogP contribution in [0.15, 0.2) is 24.3 Å². The van der Waals surface area contributed by atoms with Gasteiger partial charge in [-0.25, -0.2) is 0 Å². The Bertz CT molecular complexity index is 381. The Kier molecular flexibility index (Phi) is 4.61. The second-order valence-corrected chi connectivity index (χ2v) is 5.03. The molecule has 0 spiro atoms. The summed E-state index contributed by atoms with van der Waals surface area (Å²) in [7, 11) is 1.72. The first kappa shape index (κ1) is 13.4. The van der Waals surface area contributed by atoms with Gasteiger partial charge in [-0.15, -0.1) is 0 Å². The molecule has 0 saturated carbocycles. The van der Waals surface area contributed by atoms with E-state index >= 15 is 0 Å². The summed E-state index contributed by atoms with van der Waals surface area (Å²) in [5.41, 5.74) is 1.22. The number of hydrogen-bond acceptors (Lipinski definition) is 3. The SMILES string of the molecule is COc1ccccc1[C@H](C)NC1CCOC(C)C1. The predicted octanol–water partition coefficient (Wildman–Crippen LogP) is 2.91. The zero-order chi connectivity index (χ0) is 13.0. The van der Waals surface area contributed by atoms with Crippen molar-refractivity contribution in [1.82, 2.24) is 5.32 Å². The number of rotatable bonds is 4. The monoisotopic (exact) mass is 249 g/mol. The maximum absolute atomic E-state index is 5.58. The van der Waals surface area contributed by atoms with E-state index in [-0.39, 0.29) is 0 Å². The van der Waals surface area contributed by atoms with Crippen LogP contribution in [0.2, 0.25) is 0 Å². The molecule has 1 N–H and O–H groups in total. The highest BCUT2D eigenvalue weighted by atomic mass is 16.5. The van der Waals surface area contributed by atoms with E-state index in [2.05, 4.69) is 31.3 Å². The number of nitrogens with one attached hydrogen (secondary N) is 1. The summed E-state index contributed by atoms with van der Waals surface area (Å²) in [5, 5.41) is 3.68. The number of ether oxygens (including phenoxy) is 2. The Hall–Kier alpha value is -1.06. The van der Waals surface area contributed by atoms with Gasteiger partial charge in [-0.1, -0.05) is 18.2 Å². The summed E-state index contributed by atoms with van der Waals surface area (Å²) in [5.74, 6) is 0.956. The normalized spacial score (nSPS) is 25.7. The van der Waals surface area contributed by atoms with Gasteiger partial charge in [0.2, 0.25) is 0 Å². The summed E-state index contributed by atoms with van der Waals surface area (Å²) >= 11 is 0. The molecule has 0 bridgehead atoms. The molecule has 0 aliphatic carbocycles. The summed E-state index contributed by atoms with van der Waals surface area (Å²) in [6, 6.07) is 9.04. The minimum atomic E-state index is 0.302. The van der Waals surface area contributed by atoms with Crippen molar-refractivity contribution in [3.63, 3.8) is 0 Å². The molecular formula is C15H23NO2. The second-order valence-electron chi connectivity index (χ2n) is 5.03. The van der Waals surface area contributed by atoms with Gasteiger partial charge in [0.25, 0.3) is 0 Å². The van der Waals surface area contributed by atoms with Crippen LogP contribution in [-0.2, 0) is 4.74 Å². The maximum Gasteiger partial charge on any atom is 0.123 e. The Morgan fingerprint density at radius 1 is 1.39 bits per heavy atom. The van der Waals surface area contributed by atoms with Crippen molar-refractivity contribution in [2.75, 3.05) is 13.7 Å². The van der Waals surface area contributed by atoms with Gasteiger partial charge in [0.05, 0.1) is 13.2 Å². The highest BCUT2D eigenvalue weighted by Gasteiger charge is 2.21. The lowest BCUT2D eigenvalue weighted by atomic mass is 10.0. The average Bonchev–Trinajstić information content (AvgIpc) is 2.38. The van der Waals surface area contributed by atoms with Gasteiger partial charge < -0.3 is 14.8 Å². The first-order valence-corrected chi connectivity index (χ1v) is 6.71. The summed E-state index contributed by atoms with van der Waals surface area (Å²) < 4.78 is 11.0. The van der Waals surface area contributed by atoms with Gasteiger partial charge in [-0.2, -0.15) is 0 Å². The fourth-order valence-electron chi connectivity index (χ4n) is 2.62.